The van der Waals surface area contributed by atoms with Gasteiger partial charge in [0.05, 0.1) is 12.4 Å². The van der Waals surface area contributed by atoms with Crippen molar-refractivity contribution < 1.29 is 32.6 Å². The second kappa shape index (κ2) is 14.0. The lowest BCUT2D eigenvalue weighted by molar-refractivity contribution is -0.139. The molecule has 1 fully saturated rings. The van der Waals surface area contributed by atoms with Crippen LogP contribution in [0.2, 0.25) is 0 Å². The van der Waals surface area contributed by atoms with Crippen LogP contribution in [0.3, 0.4) is 0 Å². The Balaban J connectivity index is 1.60. The van der Waals surface area contributed by atoms with Crippen molar-refractivity contribution in [3.8, 4) is 16.9 Å². The van der Waals surface area contributed by atoms with Gasteiger partial charge in [0, 0.05) is 44.5 Å². The zero-order valence-electron chi connectivity index (χ0n) is 24.2. The van der Waals surface area contributed by atoms with Crippen LogP contribution in [-0.2, 0) is 25.9 Å². The number of nitrogens with one attached hydrogen (secondary N) is 1. The molecule has 3 atom stereocenters. The van der Waals surface area contributed by atoms with Gasteiger partial charge in [-0.1, -0.05) is 48.5 Å². The number of nitrogens with zero attached hydrogens (tertiary/aromatic N) is 1. The average molecular weight is 595 g/mol. The van der Waals surface area contributed by atoms with Gasteiger partial charge in [-0.25, -0.2) is 13.2 Å². The van der Waals surface area contributed by atoms with Crippen molar-refractivity contribution in [2.75, 3.05) is 32.3 Å². The standard InChI is InChI=1S/C32H38N2O7S/c1-22-9-7-8-12-27(22)29-17-23(13-14-28(29)31(35)33-30(32(36)37)15-16-42(3,38)39)19-34-20-26(18-24(34)21-40-2)41-25-10-5-4-6-11-25/h4-14,17,24,26,30H,15-16,18-21H2,1-3H3,(H,33,35)(H,36,37)/t24-,26?,30+/m1/s1. The summed E-state index contributed by atoms with van der Waals surface area (Å²) in [4.78, 5) is 27.6. The third-order valence-electron chi connectivity index (χ3n) is 7.42. The van der Waals surface area contributed by atoms with Gasteiger partial charge < -0.3 is 19.9 Å². The monoisotopic (exact) mass is 594 g/mol. The normalized spacial score (nSPS) is 18.0. The molecule has 42 heavy (non-hydrogen) atoms. The molecule has 2 N–H and O–H groups in total. The predicted molar refractivity (Wildman–Crippen MR) is 161 cm³/mol. The van der Waals surface area contributed by atoms with E-state index in [-0.39, 0.29) is 24.3 Å². The summed E-state index contributed by atoms with van der Waals surface area (Å²) < 4.78 is 35.0. The highest BCUT2D eigenvalue weighted by Gasteiger charge is 2.33. The molecular formula is C32H38N2O7S. The summed E-state index contributed by atoms with van der Waals surface area (Å²) in [6.07, 6.45) is 1.64. The molecule has 1 unspecified atom stereocenters. The number of carbonyl (C=O) groups excluding carboxylic acids is 1. The quantitative estimate of drug-likeness (QED) is 0.305. The number of sulfone groups is 1. The number of hydrogen-bond donors (Lipinski definition) is 2. The van der Waals surface area contributed by atoms with Gasteiger partial charge >= 0.3 is 5.97 Å². The number of para-hydroxylation sites is 1. The van der Waals surface area contributed by atoms with Gasteiger partial charge in [-0.3, -0.25) is 9.69 Å². The molecule has 0 aromatic heterocycles. The lowest BCUT2D eigenvalue weighted by atomic mass is 9.93. The number of hydrogen-bond acceptors (Lipinski definition) is 7. The maximum atomic E-state index is 13.4. The Kier molecular flexibility index (Phi) is 10.4. The highest BCUT2D eigenvalue weighted by molar-refractivity contribution is 7.90. The van der Waals surface area contributed by atoms with Crippen LogP contribution < -0.4 is 10.1 Å². The second-order valence-corrected chi connectivity index (χ2v) is 13.1. The first-order valence-electron chi connectivity index (χ1n) is 13.9. The summed E-state index contributed by atoms with van der Waals surface area (Å²) in [5.74, 6) is -1.38. The Morgan fingerprint density at radius 2 is 1.76 bits per heavy atom. The molecule has 0 aliphatic carbocycles. The number of carbonyl (C=O) groups is 2. The van der Waals surface area contributed by atoms with E-state index in [2.05, 4.69) is 10.2 Å². The first-order valence-corrected chi connectivity index (χ1v) is 15.9. The highest BCUT2D eigenvalue weighted by Crippen LogP contribution is 2.31. The fourth-order valence-electron chi connectivity index (χ4n) is 5.32. The molecule has 224 valence electrons. The predicted octanol–water partition coefficient (Wildman–Crippen LogP) is 3.95. The van der Waals surface area contributed by atoms with Crippen LogP contribution in [0.5, 0.6) is 5.75 Å². The number of carboxylic acid groups (broad SMARTS) is 1. The lowest BCUT2D eigenvalue weighted by Gasteiger charge is -2.24. The maximum absolute atomic E-state index is 13.4. The molecule has 4 rings (SSSR count). The number of aryl methyl sites for hydroxylation is 1. The van der Waals surface area contributed by atoms with Gasteiger partial charge in [-0.05, 0) is 59.9 Å². The molecule has 0 spiro atoms. The molecule has 1 aliphatic heterocycles. The van der Waals surface area contributed by atoms with Crippen LogP contribution in [0.15, 0.2) is 72.8 Å². The molecule has 1 aliphatic rings. The minimum Gasteiger partial charge on any atom is -0.489 e. The molecule has 3 aromatic rings. The van der Waals surface area contributed by atoms with E-state index in [0.717, 1.165) is 35.1 Å². The zero-order chi connectivity index (χ0) is 30.3. The number of amides is 1. The first-order chi connectivity index (χ1) is 20.0. The molecule has 0 saturated carbocycles. The summed E-state index contributed by atoms with van der Waals surface area (Å²) in [6.45, 7) is 3.83. The van der Waals surface area contributed by atoms with Crippen LogP contribution in [-0.4, -0.2) is 80.8 Å². The average Bonchev–Trinajstić information content (AvgIpc) is 3.31. The maximum Gasteiger partial charge on any atom is 0.326 e. The zero-order valence-corrected chi connectivity index (χ0v) is 25.0. The van der Waals surface area contributed by atoms with E-state index < -0.39 is 27.8 Å². The Morgan fingerprint density at radius 3 is 2.43 bits per heavy atom. The SMILES string of the molecule is COC[C@H]1CC(Oc2ccccc2)CN1Cc1ccc(C(=O)N[C@@H](CCS(C)(=O)=O)C(=O)O)c(-c2ccccc2C)c1. The topological polar surface area (TPSA) is 122 Å². The summed E-state index contributed by atoms with van der Waals surface area (Å²) in [5.41, 5.74) is 3.80. The molecule has 10 heteroatoms. The van der Waals surface area contributed by atoms with Gasteiger partial charge in [0.1, 0.15) is 27.7 Å². The van der Waals surface area contributed by atoms with Crippen molar-refractivity contribution in [2.45, 2.75) is 44.5 Å². The van der Waals surface area contributed by atoms with Gasteiger partial charge in [-0.15, -0.1) is 0 Å². The first kappa shape index (κ1) is 31.2. The van der Waals surface area contributed by atoms with Crippen LogP contribution in [0.1, 0.15) is 34.3 Å². The van der Waals surface area contributed by atoms with Crippen molar-refractivity contribution in [3.05, 3.63) is 89.5 Å². The lowest BCUT2D eigenvalue weighted by Crippen LogP contribution is -2.42. The van der Waals surface area contributed by atoms with Crippen LogP contribution in [0.4, 0.5) is 0 Å². The smallest absolute Gasteiger partial charge is 0.326 e. The van der Waals surface area contributed by atoms with Crippen LogP contribution >= 0.6 is 0 Å². The summed E-state index contributed by atoms with van der Waals surface area (Å²) in [7, 11) is -1.71. The molecule has 0 bridgehead atoms. The largest absolute Gasteiger partial charge is 0.489 e. The highest BCUT2D eigenvalue weighted by atomic mass is 32.2. The van der Waals surface area contributed by atoms with Crippen molar-refractivity contribution in [1.82, 2.24) is 10.2 Å². The summed E-state index contributed by atoms with van der Waals surface area (Å²) in [5, 5.41) is 12.2. The van der Waals surface area contributed by atoms with Crippen molar-refractivity contribution in [3.63, 3.8) is 0 Å². The van der Waals surface area contributed by atoms with Crippen molar-refractivity contribution in [2.24, 2.45) is 0 Å². The third kappa shape index (κ3) is 8.40. The van der Waals surface area contributed by atoms with E-state index in [4.69, 9.17) is 9.47 Å². The molecule has 1 saturated heterocycles. The molecule has 0 radical (unpaired) electrons. The number of ether oxygens (including phenoxy) is 2. The van der Waals surface area contributed by atoms with E-state index in [1.165, 1.54) is 0 Å². The van der Waals surface area contributed by atoms with E-state index in [1.807, 2.05) is 73.7 Å². The van der Waals surface area contributed by atoms with Crippen molar-refractivity contribution >= 4 is 21.7 Å². The summed E-state index contributed by atoms with van der Waals surface area (Å²) >= 11 is 0. The Bertz CT molecular complexity index is 1490. The number of aliphatic carboxylic acids is 1. The Hall–Kier alpha value is -3.73. The third-order valence-corrected chi connectivity index (χ3v) is 8.40. The molecule has 1 amide bonds. The van der Waals surface area contributed by atoms with Crippen LogP contribution in [0, 0.1) is 6.92 Å². The van der Waals surface area contributed by atoms with Gasteiger partial charge in [0.25, 0.3) is 5.91 Å². The van der Waals surface area contributed by atoms with E-state index in [9.17, 15) is 23.1 Å². The number of likely N-dealkylation sites (tertiary alicyclic amines) is 1. The minimum absolute atomic E-state index is 0.00771. The fourth-order valence-corrected chi connectivity index (χ4v) is 5.98. The number of methoxy groups -OCH3 is 1. The van der Waals surface area contributed by atoms with Crippen molar-refractivity contribution in [1.29, 1.82) is 0 Å². The fraction of sp³-hybridized carbons (Fsp3) is 0.375. The van der Waals surface area contributed by atoms with Gasteiger partial charge in [0.2, 0.25) is 0 Å². The second-order valence-electron chi connectivity index (χ2n) is 10.8. The Morgan fingerprint density at radius 1 is 1.05 bits per heavy atom. The molecule has 1 heterocycles. The minimum atomic E-state index is -3.39. The number of carboxylic acids is 1. The van der Waals surface area contributed by atoms with Crippen LogP contribution in [0.25, 0.3) is 11.1 Å². The van der Waals surface area contributed by atoms with E-state index in [0.29, 0.717) is 30.8 Å². The van der Waals surface area contributed by atoms with Gasteiger partial charge in [-0.2, -0.15) is 0 Å². The number of rotatable bonds is 13. The summed E-state index contributed by atoms with van der Waals surface area (Å²) in [6, 6.07) is 21.8. The molecule has 3 aromatic carbocycles. The van der Waals surface area contributed by atoms with E-state index in [1.54, 1.807) is 13.2 Å². The molecular weight excluding hydrogens is 556 g/mol. The van der Waals surface area contributed by atoms with E-state index >= 15 is 0 Å². The number of benzene rings is 3. The van der Waals surface area contributed by atoms with Gasteiger partial charge in [0.15, 0.2) is 0 Å². The molecule has 9 nitrogen and oxygen atoms in total. The Labute approximate surface area is 247 Å².